The fourth-order valence-corrected chi connectivity index (χ4v) is 7.32. The number of sulfonamides is 1. The van der Waals surface area contributed by atoms with Crippen LogP contribution in [0.5, 0.6) is 5.75 Å². The summed E-state index contributed by atoms with van der Waals surface area (Å²) in [5.41, 5.74) is 2.54. The molecule has 1 saturated heterocycles. The van der Waals surface area contributed by atoms with E-state index in [-0.39, 0.29) is 29.8 Å². The largest absolute Gasteiger partial charge is 0.497 e. The van der Waals surface area contributed by atoms with E-state index in [1.165, 1.54) is 0 Å². The summed E-state index contributed by atoms with van der Waals surface area (Å²) in [6.07, 6.45) is 10.2. The molecule has 0 radical (unpaired) electrons. The molecule has 4 amide bonds. The Kier molecular flexibility index (Phi) is 13.8. The average molecular weight is 743 g/mol. The second-order valence-corrected chi connectivity index (χ2v) is 16.6. The number of carbonyl (C=O) groups is 3. The molecule has 3 heterocycles. The van der Waals surface area contributed by atoms with Gasteiger partial charge in [-0.05, 0) is 82.8 Å². The van der Waals surface area contributed by atoms with Gasteiger partial charge in [-0.25, -0.2) is 18.2 Å². The van der Waals surface area contributed by atoms with Gasteiger partial charge in [-0.3, -0.25) is 19.1 Å². The highest BCUT2D eigenvalue weighted by Crippen LogP contribution is 2.41. The van der Waals surface area contributed by atoms with Gasteiger partial charge in [-0.15, -0.1) is 17.9 Å². The number of amides is 4. The number of aromatic amines is 1. The number of allylic oxidation sites excluding steroid dienone is 1. The Labute approximate surface area is 303 Å². The van der Waals surface area contributed by atoms with Crippen LogP contribution in [0.25, 0.3) is 21.6 Å². The highest BCUT2D eigenvalue weighted by molar-refractivity contribution is 7.91. The van der Waals surface area contributed by atoms with Crippen molar-refractivity contribution in [3.8, 4) is 16.5 Å². The molecule has 278 valence electrons. The van der Waals surface area contributed by atoms with Crippen molar-refractivity contribution in [2.45, 2.75) is 101 Å². The summed E-state index contributed by atoms with van der Waals surface area (Å²) in [6, 6.07) is 6.98. The van der Waals surface area contributed by atoms with Crippen LogP contribution in [0.1, 0.15) is 90.2 Å². The van der Waals surface area contributed by atoms with Gasteiger partial charge in [-0.2, -0.15) is 0 Å². The summed E-state index contributed by atoms with van der Waals surface area (Å²) in [6.45, 7) is 10.9. The lowest BCUT2D eigenvalue weighted by atomic mass is 10.1. The van der Waals surface area contributed by atoms with E-state index < -0.39 is 14.8 Å². The number of ether oxygens (including phenoxy) is 1. The molecule has 0 unspecified atom stereocenters. The van der Waals surface area contributed by atoms with Gasteiger partial charge in [0.05, 0.1) is 28.8 Å². The van der Waals surface area contributed by atoms with Gasteiger partial charge in [0, 0.05) is 42.0 Å². The van der Waals surface area contributed by atoms with Crippen molar-refractivity contribution >= 4 is 50.6 Å². The Balaban J connectivity index is 0.000000182. The van der Waals surface area contributed by atoms with E-state index in [1.807, 2.05) is 22.2 Å². The fourth-order valence-electron chi connectivity index (χ4n) is 5.32. The number of thiazole rings is 1. The van der Waals surface area contributed by atoms with Gasteiger partial charge in [0.2, 0.25) is 22.3 Å². The molecule has 1 atom stereocenters. The molecule has 1 aliphatic heterocycles. The third kappa shape index (κ3) is 10.9. The first-order valence-corrected chi connectivity index (χ1v) is 19.8. The van der Waals surface area contributed by atoms with Gasteiger partial charge < -0.3 is 25.3 Å². The van der Waals surface area contributed by atoms with E-state index in [2.05, 4.69) is 41.0 Å². The van der Waals surface area contributed by atoms with Gasteiger partial charge in [0.25, 0.3) is 0 Å². The average Bonchev–Trinajstić information content (AvgIpc) is 3.94. The molecule has 6 rings (SSSR count). The van der Waals surface area contributed by atoms with Crippen LogP contribution in [-0.2, 0) is 19.6 Å². The first-order chi connectivity index (χ1) is 24.3. The standard InChI is InChI=1S/C16H16N2O2S.C15H25N3O2.C5H9NO3S/c1-9(2)14-8-21-16(18-14)13-7-15(19)11-5-4-10(20-3)6-12(11)17-13;1-2-3-4-5-10-16-15(20)18-11-6-7-13(18)14(19)17-12-8-9-12;1-5(2-3-5)10(8,9)6-4-7/h4-9H,1-3H3,(H,17,19);2,12-13H,1,3-11H2,(H,16,20)(H,17,19);4H,2-3H2,1H3,(H,6,7)/t;13-;/m.0./s1. The molecule has 2 saturated carbocycles. The first kappa shape index (κ1) is 39.5. The Morgan fingerprint density at radius 3 is 2.55 bits per heavy atom. The quantitative estimate of drug-likeness (QED) is 0.105. The zero-order valence-electron chi connectivity index (χ0n) is 29.8. The monoisotopic (exact) mass is 742 g/mol. The Morgan fingerprint density at radius 2 is 1.94 bits per heavy atom. The summed E-state index contributed by atoms with van der Waals surface area (Å²) in [5.74, 6) is 1.12. The molecule has 2 aromatic heterocycles. The third-order valence-corrected chi connectivity index (χ3v) is 12.0. The highest BCUT2D eigenvalue weighted by atomic mass is 32.2. The molecule has 3 aliphatic rings. The Bertz CT molecular complexity index is 1850. The van der Waals surface area contributed by atoms with E-state index in [4.69, 9.17) is 4.74 Å². The lowest BCUT2D eigenvalue weighted by Crippen LogP contribution is -2.50. The lowest BCUT2D eigenvalue weighted by molar-refractivity contribution is -0.124. The van der Waals surface area contributed by atoms with Gasteiger partial charge >= 0.3 is 6.03 Å². The molecular weight excluding hydrogens is 693 g/mol. The van der Waals surface area contributed by atoms with Crippen LogP contribution in [0.2, 0.25) is 0 Å². The number of fused-ring (bicyclic) bond motifs is 1. The summed E-state index contributed by atoms with van der Waals surface area (Å²) >= 11 is 1.55. The fraction of sp³-hybridized carbons (Fsp3) is 0.528. The minimum Gasteiger partial charge on any atom is -0.497 e. The molecule has 2 aliphatic carbocycles. The maximum absolute atomic E-state index is 12.2. The Hall–Kier alpha value is -4.24. The number of likely N-dealkylation sites (tertiary alicyclic amines) is 1. The van der Waals surface area contributed by atoms with E-state index in [0.29, 0.717) is 43.3 Å². The van der Waals surface area contributed by atoms with Crippen molar-refractivity contribution < 1.29 is 27.5 Å². The van der Waals surface area contributed by atoms with Crippen molar-refractivity contribution in [2.75, 3.05) is 20.2 Å². The minimum absolute atomic E-state index is 0.0114. The number of H-pyrrole nitrogens is 1. The number of benzene rings is 1. The summed E-state index contributed by atoms with van der Waals surface area (Å²) < 4.78 is 28.3. The molecule has 3 aromatic rings. The molecular formula is C36H50N6O7S2. The van der Waals surface area contributed by atoms with Gasteiger partial charge in [0.15, 0.2) is 5.43 Å². The van der Waals surface area contributed by atoms with E-state index in [0.717, 1.165) is 72.6 Å². The number of unbranched alkanes of at least 4 members (excludes halogenated alkanes) is 2. The van der Waals surface area contributed by atoms with Gasteiger partial charge in [-0.1, -0.05) is 19.9 Å². The van der Waals surface area contributed by atoms with Crippen molar-refractivity contribution in [1.82, 2.24) is 30.2 Å². The van der Waals surface area contributed by atoms with Crippen molar-refractivity contribution in [3.05, 3.63) is 58.2 Å². The number of methoxy groups -OCH3 is 1. The summed E-state index contributed by atoms with van der Waals surface area (Å²) in [7, 11) is -1.74. The number of hydrogen-bond donors (Lipinski definition) is 4. The molecule has 51 heavy (non-hydrogen) atoms. The highest BCUT2D eigenvalue weighted by Gasteiger charge is 2.50. The number of aromatic nitrogens is 2. The van der Waals surface area contributed by atoms with Crippen molar-refractivity contribution in [3.63, 3.8) is 0 Å². The second-order valence-electron chi connectivity index (χ2n) is 13.5. The predicted octanol–water partition coefficient (Wildman–Crippen LogP) is 5.19. The maximum Gasteiger partial charge on any atom is 0.318 e. The third-order valence-electron chi connectivity index (χ3n) is 9.04. The molecule has 0 bridgehead atoms. The van der Waals surface area contributed by atoms with Crippen molar-refractivity contribution in [2.24, 2.45) is 0 Å². The maximum atomic E-state index is 12.2. The summed E-state index contributed by atoms with van der Waals surface area (Å²) in [4.78, 5) is 55.8. The molecule has 3 fully saturated rings. The van der Waals surface area contributed by atoms with Crippen LogP contribution in [-0.4, -0.2) is 78.7 Å². The number of pyridine rings is 1. The molecule has 0 spiro atoms. The molecule has 4 N–H and O–H groups in total. The van der Waals surface area contributed by atoms with Crippen LogP contribution >= 0.6 is 11.3 Å². The molecule has 13 nitrogen and oxygen atoms in total. The number of rotatable bonds is 13. The summed E-state index contributed by atoms with van der Waals surface area (Å²) in [5, 5.41) is 9.43. The first-order valence-electron chi connectivity index (χ1n) is 17.4. The number of nitrogens with zero attached hydrogens (tertiary/aromatic N) is 2. The SMILES string of the molecule is C=CCCCCNC(=O)N1CCC[C@H]1C(=O)NC1CC1.CC1(S(=O)(=O)NC=O)CC1.COc1ccc2c(=O)cc(-c3nc(C(C)C)cs3)[nH]c2c1. The normalized spacial score (nSPS) is 17.4. The van der Waals surface area contributed by atoms with Crippen LogP contribution in [0, 0.1) is 0 Å². The van der Waals surface area contributed by atoms with Crippen molar-refractivity contribution in [1.29, 1.82) is 0 Å². The lowest BCUT2D eigenvalue weighted by Gasteiger charge is -2.24. The van der Waals surface area contributed by atoms with Crippen LogP contribution < -0.4 is 25.5 Å². The molecule has 15 heteroatoms. The molecule has 1 aromatic carbocycles. The number of carbonyl (C=O) groups excluding carboxylic acids is 3. The second kappa shape index (κ2) is 17.8. The zero-order chi connectivity index (χ0) is 37.2. The minimum atomic E-state index is -3.35. The topological polar surface area (TPSA) is 180 Å². The van der Waals surface area contributed by atoms with E-state index in [1.54, 1.807) is 48.5 Å². The number of urea groups is 1. The Morgan fingerprint density at radius 1 is 1.20 bits per heavy atom. The van der Waals surface area contributed by atoms with Crippen LogP contribution in [0.3, 0.4) is 0 Å². The van der Waals surface area contributed by atoms with Crippen LogP contribution in [0.4, 0.5) is 4.79 Å². The number of hydrogen-bond acceptors (Lipinski definition) is 9. The zero-order valence-corrected chi connectivity index (χ0v) is 31.5. The van der Waals surface area contributed by atoms with Crippen LogP contribution in [0.15, 0.2) is 47.1 Å². The van der Waals surface area contributed by atoms with E-state index in [9.17, 15) is 27.6 Å². The van der Waals surface area contributed by atoms with E-state index >= 15 is 0 Å². The predicted molar refractivity (Wildman–Crippen MR) is 200 cm³/mol. The van der Waals surface area contributed by atoms with Gasteiger partial charge in [0.1, 0.15) is 16.8 Å². The smallest absolute Gasteiger partial charge is 0.318 e. The number of nitrogens with one attached hydrogen (secondary N) is 4.